The van der Waals surface area contributed by atoms with E-state index in [1.165, 1.54) is 0 Å². The molecule has 0 saturated heterocycles. The molecule has 0 heterocycles. The Morgan fingerprint density at radius 1 is 1.44 bits per heavy atom. The van der Waals surface area contributed by atoms with Crippen molar-refractivity contribution in [1.82, 2.24) is 0 Å². The molecular formula is C12H15BrO3. The zero-order valence-corrected chi connectivity index (χ0v) is 11.0. The quantitative estimate of drug-likeness (QED) is 0.781. The third-order valence-corrected chi connectivity index (χ3v) is 2.90. The summed E-state index contributed by atoms with van der Waals surface area (Å²) in [7, 11) is 0. The molecule has 0 radical (unpaired) electrons. The highest BCUT2D eigenvalue weighted by Crippen LogP contribution is 2.21. The van der Waals surface area contributed by atoms with Crippen molar-refractivity contribution in [1.29, 1.82) is 0 Å². The first kappa shape index (κ1) is 13.0. The van der Waals surface area contributed by atoms with Crippen LogP contribution in [0.4, 0.5) is 0 Å². The third-order valence-electron chi connectivity index (χ3n) is 2.01. The molecule has 0 aliphatic heterocycles. The highest BCUT2D eigenvalue weighted by molar-refractivity contribution is 9.10. The van der Waals surface area contributed by atoms with Gasteiger partial charge in [-0.05, 0) is 37.6 Å². The van der Waals surface area contributed by atoms with Gasteiger partial charge < -0.3 is 9.47 Å². The van der Waals surface area contributed by atoms with E-state index in [4.69, 9.17) is 9.47 Å². The van der Waals surface area contributed by atoms with Crippen LogP contribution in [0.1, 0.15) is 18.9 Å². The maximum atomic E-state index is 11.0. The molecule has 1 aromatic carbocycles. The summed E-state index contributed by atoms with van der Waals surface area (Å²) in [6.07, 6.45) is 0.281. The number of benzene rings is 1. The van der Waals surface area contributed by atoms with E-state index >= 15 is 0 Å². The predicted octanol–water partition coefficient (Wildman–Crippen LogP) is 3.09. The predicted molar refractivity (Wildman–Crippen MR) is 65.6 cm³/mol. The number of hydrogen-bond acceptors (Lipinski definition) is 3. The lowest BCUT2D eigenvalue weighted by Gasteiger charge is -2.07. The largest absolute Gasteiger partial charge is 0.493 e. The van der Waals surface area contributed by atoms with Gasteiger partial charge in [-0.15, -0.1) is 0 Å². The van der Waals surface area contributed by atoms with Gasteiger partial charge in [-0.1, -0.05) is 15.9 Å². The van der Waals surface area contributed by atoms with E-state index in [0.29, 0.717) is 13.2 Å². The number of esters is 1. The van der Waals surface area contributed by atoms with Gasteiger partial charge >= 0.3 is 5.97 Å². The first-order valence-electron chi connectivity index (χ1n) is 5.18. The van der Waals surface area contributed by atoms with Crippen molar-refractivity contribution in [3.63, 3.8) is 0 Å². The van der Waals surface area contributed by atoms with Crippen LogP contribution < -0.4 is 4.74 Å². The van der Waals surface area contributed by atoms with Crippen LogP contribution >= 0.6 is 15.9 Å². The molecule has 0 N–H and O–H groups in total. The normalized spacial score (nSPS) is 9.94. The van der Waals surface area contributed by atoms with Gasteiger partial charge in [-0.3, -0.25) is 4.79 Å². The van der Waals surface area contributed by atoms with Gasteiger partial charge in [0, 0.05) is 4.47 Å². The second-order valence-electron chi connectivity index (χ2n) is 3.31. The maximum absolute atomic E-state index is 11.0. The Hall–Kier alpha value is -1.03. The minimum Gasteiger partial charge on any atom is -0.493 e. The molecule has 88 valence electrons. The Bertz CT molecular complexity index is 363. The van der Waals surface area contributed by atoms with Crippen molar-refractivity contribution in [2.75, 3.05) is 13.2 Å². The average Bonchev–Trinajstić information content (AvgIpc) is 2.24. The second-order valence-corrected chi connectivity index (χ2v) is 4.17. The molecule has 0 unspecified atom stereocenters. The van der Waals surface area contributed by atoms with Crippen molar-refractivity contribution in [3.05, 3.63) is 28.2 Å². The first-order chi connectivity index (χ1) is 7.63. The molecule has 0 bridgehead atoms. The second kappa shape index (κ2) is 6.53. The average molecular weight is 287 g/mol. The number of carbonyl (C=O) groups excluding carboxylic acids is 1. The monoisotopic (exact) mass is 286 g/mol. The number of aryl methyl sites for hydroxylation is 1. The molecule has 0 aliphatic carbocycles. The highest BCUT2D eigenvalue weighted by Gasteiger charge is 2.03. The van der Waals surface area contributed by atoms with E-state index in [1.807, 2.05) is 25.1 Å². The van der Waals surface area contributed by atoms with E-state index in [2.05, 4.69) is 15.9 Å². The van der Waals surface area contributed by atoms with E-state index in [9.17, 15) is 4.79 Å². The van der Waals surface area contributed by atoms with Gasteiger partial charge in [-0.25, -0.2) is 0 Å². The lowest BCUT2D eigenvalue weighted by atomic mass is 10.2. The minimum absolute atomic E-state index is 0.226. The molecule has 1 aromatic rings. The molecule has 0 spiro atoms. The summed E-state index contributed by atoms with van der Waals surface area (Å²) in [5.74, 6) is 0.543. The smallest absolute Gasteiger partial charge is 0.309 e. The Morgan fingerprint density at radius 2 is 2.19 bits per heavy atom. The van der Waals surface area contributed by atoms with Gasteiger partial charge in [-0.2, -0.15) is 0 Å². The third kappa shape index (κ3) is 4.23. The van der Waals surface area contributed by atoms with Crippen molar-refractivity contribution >= 4 is 21.9 Å². The minimum atomic E-state index is -0.226. The Morgan fingerprint density at radius 3 is 2.81 bits per heavy atom. The van der Waals surface area contributed by atoms with Crippen LogP contribution in [-0.4, -0.2) is 19.2 Å². The fourth-order valence-corrected chi connectivity index (χ4v) is 1.44. The van der Waals surface area contributed by atoms with Gasteiger partial charge in [0.2, 0.25) is 0 Å². The fourth-order valence-electron chi connectivity index (χ4n) is 1.19. The summed E-state index contributed by atoms with van der Waals surface area (Å²) in [5.41, 5.74) is 1.11. The van der Waals surface area contributed by atoms with Crippen LogP contribution in [0.5, 0.6) is 5.75 Å². The number of hydrogen-bond donors (Lipinski definition) is 0. The number of halogens is 1. The standard InChI is InChI=1S/C12H15BrO3/c1-3-15-12(14)6-7-16-10-4-5-11(13)9(2)8-10/h4-5,8H,3,6-7H2,1-2H3. The Labute approximate surface area is 104 Å². The highest BCUT2D eigenvalue weighted by atomic mass is 79.9. The Balaban J connectivity index is 2.37. The molecule has 0 saturated carbocycles. The van der Waals surface area contributed by atoms with E-state index < -0.39 is 0 Å². The number of carbonyl (C=O) groups is 1. The lowest BCUT2D eigenvalue weighted by Crippen LogP contribution is -2.09. The van der Waals surface area contributed by atoms with Crippen LogP contribution in [0.25, 0.3) is 0 Å². The van der Waals surface area contributed by atoms with Gasteiger partial charge in [0.05, 0.1) is 19.6 Å². The first-order valence-corrected chi connectivity index (χ1v) is 5.97. The van der Waals surface area contributed by atoms with Gasteiger partial charge in [0.1, 0.15) is 5.75 Å². The fraction of sp³-hybridized carbons (Fsp3) is 0.417. The summed E-state index contributed by atoms with van der Waals surface area (Å²) >= 11 is 3.41. The summed E-state index contributed by atoms with van der Waals surface area (Å²) in [5, 5.41) is 0. The van der Waals surface area contributed by atoms with E-state index in [-0.39, 0.29) is 12.4 Å². The van der Waals surface area contributed by atoms with Crippen molar-refractivity contribution < 1.29 is 14.3 Å². The molecule has 0 aliphatic rings. The molecule has 0 amide bonds. The molecular weight excluding hydrogens is 272 g/mol. The zero-order chi connectivity index (χ0) is 12.0. The maximum Gasteiger partial charge on any atom is 0.309 e. The summed E-state index contributed by atoms with van der Waals surface area (Å²) in [4.78, 5) is 11.0. The lowest BCUT2D eigenvalue weighted by molar-refractivity contribution is -0.143. The van der Waals surface area contributed by atoms with Crippen LogP contribution in [-0.2, 0) is 9.53 Å². The summed E-state index contributed by atoms with van der Waals surface area (Å²) < 4.78 is 11.3. The molecule has 4 heteroatoms. The van der Waals surface area contributed by atoms with Crippen molar-refractivity contribution in [2.24, 2.45) is 0 Å². The molecule has 0 fully saturated rings. The van der Waals surface area contributed by atoms with Gasteiger partial charge in [0.25, 0.3) is 0 Å². The topological polar surface area (TPSA) is 35.5 Å². The van der Waals surface area contributed by atoms with Gasteiger partial charge in [0.15, 0.2) is 0 Å². The van der Waals surface area contributed by atoms with Crippen LogP contribution in [0.2, 0.25) is 0 Å². The molecule has 16 heavy (non-hydrogen) atoms. The van der Waals surface area contributed by atoms with E-state index in [0.717, 1.165) is 15.8 Å². The van der Waals surface area contributed by atoms with Crippen LogP contribution in [0.15, 0.2) is 22.7 Å². The Kier molecular flexibility index (Phi) is 5.32. The van der Waals surface area contributed by atoms with Crippen molar-refractivity contribution in [3.8, 4) is 5.75 Å². The SMILES string of the molecule is CCOC(=O)CCOc1ccc(Br)c(C)c1. The van der Waals surface area contributed by atoms with Crippen LogP contribution in [0.3, 0.4) is 0 Å². The summed E-state index contributed by atoms with van der Waals surface area (Å²) in [6.45, 7) is 4.54. The number of rotatable bonds is 5. The van der Waals surface area contributed by atoms with Crippen molar-refractivity contribution in [2.45, 2.75) is 20.3 Å². The molecule has 0 aromatic heterocycles. The zero-order valence-electron chi connectivity index (χ0n) is 9.46. The molecule has 3 nitrogen and oxygen atoms in total. The molecule has 0 atom stereocenters. The molecule has 1 rings (SSSR count). The number of ether oxygens (including phenoxy) is 2. The van der Waals surface area contributed by atoms with Crippen LogP contribution in [0, 0.1) is 6.92 Å². The van der Waals surface area contributed by atoms with E-state index in [1.54, 1.807) is 6.92 Å². The summed E-state index contributed by atoms with van der Waals surface area (Å²) in [6, 6.07) is 5.71.